The number of hydrogen-bond acceptors (Lipinski definition) is 3. The van der Waals surface area contributed by atoms with Gasteiger partial charge in [0, 0.05) is 0 Å². The zero-order valence-electron chi connectivity index (χ0n) is 13.1. The number of benzene rings is 2. The lowest BCUT2D eigenvalue weighted by Crippen LogP contribution is -2.30. The third-order valence-electron chi connectivity index (χ3n) is 4.24. The minimum atomic E-state index is -0.498. The fraction of sp³-hybridized carbons (Fsp3) is 0.316. The Bertz CT molecular complexity index is 687. The Morgan fingerprint density at radius 3 is 2.45 bits per heavy atom. The maximum atomic E-state index is 12.2. The largest absolute Gasteiger partial charge is 0.456 e. The van der Waals surface area contributed by atoms with Gasteiger partial charge in [0.05, 0.1) is 12.2 Å². The Balaban J connectivity index is 1.80. The van der Waals surface area contributed by atoms with Crippen LogP contribution in [0.4, 0.5) is 0 Å². The van der Waals surface area contributed by atoms with Crippen molar-refractivity contribution in [2.45, 2.75) is 32.5 Å². The molecule has 3 rings (SSSR count). The summed E-state index contributed by atoms with van der Waals surface area (Å²) in [4.78, 5) is 12.2. The molecule has 0 amide bonds. The van der Waals surface area contributed by atoms with Crippen LogP contribution in [-0.2, 0) is 15.1 Å². The lowest BCUT2D eigenvalue weighted by atomic mass is 9.90. The third-order valence-corrected chi connectivity index (χ3v) is 4.24. The molecule has 1 aliphatic rings. The second-order valence-electron chi connectivity index (χ2n) is 5.91. The van der Waals surface area contributed by atoms with Gasteiger partial charge in [-0.2, -0.15) is 0 Å². The average molecular weight is 296 g/mol. The standard InChI is InChI=1S/C19H20O3/c1-13-9-10-17(14(2)11-13)19(12-21-19)15(3)22-18(20)16-7-5-4-6-8-16/h4-11,15H,12H2,1-3H3/t15-,19-/m1/s1. The number of epoxide rings is 1. The Hall–Kier alpha value is -2.13. The number of rotatable bonds is 4. The molecule has 0 spiro atoms. The van der Waals surface area contributed by atoms with Gasteiger partial charge >= 0.3 is 5.97 Å². The van der Waals surface area contributed by atoms with E-state index < -0.39 is 5.60 Å². The van der Waals surface area contributed by atoms with Gasteiger partial charge < -0.3 is 9.47 Å². The first kappa shape index (κ1) is 14.8. The molecule has 2 aromatic carbocycles. The molecule has 2 atom stereocenters. The molecule has 1 aliphatic heterocycles. The fourth-order valence-corrected chi connectivity index (χ4v) is 2.87. The van der Waals surface area contributed by atoms with Crippen molar-refractivity contribution in [1.82, 2.24) is 0 Å². The summed E-state index contributed by atoms with van der Waals surface area (Å²) in [6.45, 7) is 6.61. The molecule has 0 N–H and O–H groups in total. The van der Waals surface area contributed by atoms with Crippen LogP contribution in [0.15, 0.2) is 48.5 Å². The minimum absolute atomic E-state index is 0.312. The second kappa shape index (κ2) is 5.58. The van der Waals surface area contributed by atoms with E-state index in [4.69, 9.17) is 9.47 Å². The summed E-state index contributed by atoms with van der Waals surface area (Å²) < 4.78 is 11.4. The summed E-state index contributed by atoms with van der Waals surface area (Å²) in [6, 6.07) is 15.3. The first-order chi connectivity index (χ1) is 10.5. The molecule has 3 nitrogen and oxygen atoms in total. The van der Waals surface area contributed by atoms with Crippen molar-refractivity contribution in [3.05, 3.63) is 70.8 Å². The molecule has 0 radical (unpaired) electrons. The van der Waals surface area contributed by atoms with Gasteiger partial charge in [-0.15, -0.1) is 0 Å². The van der Waals surface area contributed by atoms with Crippen molar-refractivity contribution in [1.29, 1.82) is 0 Å². The van der Waals surface area contributed by atoms with E-state index in [2.05, 4.69) is 32.0 Å². The highest BCUT2D eigenvalue weighted by Gasteiger charge is 2.54. The first-order valence-electron chi connectivity index (χ1n) is 7.51. The van der Waals surface area contributed by atoms with E-state index in [0.29, 0.717) is 12.2 Å². The van der Waals surface area contributed by atoms with Crippen LogP contribution >= 0.6 is 0 Å². The van der Waals surface area contributed by atoms with Crippen molar-refractivity contribution >= 4 is 5.97 Å². The topological polar surface area (TPSA) is 38.8 Å². The van der Waals surface area contributed by atoms with Crippen molar-refractivity contribution in [2.75, 3.05) is 6.61 Å². The van der Waals surface area contributed by atoms with Gasteiger partial charge in [-0.1, -0.05) is 42.0 Å². The zero-order chi connectivity index (χ0) is 15.7. The summed E-state index contributed by atoms with van der Waals surface area (Å²) >= 11 is 0. The number of carbonyl (C=O) groups is 1. The molecule has 0 unspecified atom stereocenters. The molecule has 2 aromatic rings. The summed E-state index contributed by atoms with van der Waals surface area (Å²) in [6.07, 6.45) is -0.332. The fourth-order valence-electron chi connectivity index (χ4n) is 2.87. The predicted molar refractivity (Wildman–Crippen MR) is 84.9 cm³/mol. The predicted octanol–water partition coefficient (Wildman–Crippen LogP) is 3.77. The Labute approximate surface area is 130 Å². The molecule has 1 heterocycles. The van der Waals surface area contributed by atoms with Crippen LogP contribution in [0.3, 0.4) is 0 Å². The lowest BCUT2D eigenvalue weighted by molar-refractivity contribution is 0.0104. The lowest BCUT2D eigenvalue weighted by Gasteiger charge is -2.23. The number of ether oxygens (including phenoxy) is 2. The van der Waals surface area contributed by atoms with Crippen LogP contribution in [0, 0.1) is 13.8 Å². The van der Waals surface area contributed by atoms with E-state index in [9.17, 15) is 4.79 Å². The number of aryl methyl sites for hydroxylation is 2. The molecule has 114 valence electrons. The normalized spacial score (nSPS) is 21.2. The molecule has 1 saturated heterocycles. The zero-order valence-corrected chi connectivity index (χ0v) is 13.1. The average Bonchev–Trinajstić information content (AvgIpc) is 3.29. The van der Waals surface area contributed by atoms with E-state index >= 15 is 0 Å². The highest BCUT2D eigenvalue weighted by molar-refractivity contribution is 5.89. The number of hydrogen-bond donors (Lipinski definition) is 0. The molecule has 0 saturated carbocycles. The van der Waals surface area contributed by atoms with E-state index in [0.717, 1.165) is 5.56 Å². The van der Waals surface area contributed by atoms with E-state index in [1.807, 2.05) is 25.1 Å². The highest BCUT2D eigenvalue weighted by Crippen LogP contribution is 2.45. The summed E-state index contributed by atoms with van der Waals surface area (Å²) in [5, 5.41) is 0. The van der Waals surface area contributed by atoms with Crippen molar-refractivity contribution in [3.8, 4) is 0 Å². The van der Waals surface area contributed by atoms with Gasteiger partial charge in [-0.05, 0) is 44.0 Å². The summed E-state index contributed by atoms with van der Waals surface area (Å²) in [5.41, 5.74) is 3.55. The van der Waals surface area contributed by atoms with Crippen molar-refractivity contribution in [2.24, 2.45) is 0 Å². The summed E-state index contributed by atoms with van der Waals surface area (Å²) in [5.74, 6) is -0.312. The Kier molecular flexibility index (Phi) is 3.75. The molecule has 22 heavy (non-hydrogen) atoms. The van der Waals surface area contributed by atoms with Crippen molar-refractivity contribution in [3.63, 3.8) is 0 Å². The van der Waals surface area contributed by atoms with Crippen LogP contribution in [0.1, 0.15) is 34.0 Å². The number of esters is 1. The SMILES string of the molecule is Cc1ccc([C@]2([C@@H](C)OC(=O)c3ccccc3)CO2)c(C)c1. The van der Waals surface area contributed by atoms with Crippen LogP contribution in [0.5, 0.6) is 0 Å². The molecular weight excluding hydrogens is 276 g/mol. The smallest absolute Gasteiger partial charge is 0.338 e. The van der Waals surface area contributed by atoms with Crippen LogP contribution in [-0.4, -0.2) is 18.7 Å². The number of carbonyl (C=O) groups excluding carboxylic acids is 1. The van der Waals surface area contributed by atoms with Gasteiger partial charge in [0.15, 0.2) is 5.60 Å². The molecule has 0 bridgehead atoms. The molecule has 3 heteroatoms. The van der Waals surface area contributed by atoms with Gasteiger partial charge in [0.25, 0.3) is 0 Å². The molecule has 0 aliphatic carbocycles. The van der Waals surface area contributed by atoms with E-state index in [1.165, 1.54) is 11.1 Å². The van der Waals surface area contributed by atoms with Crippen LogP contribution < -0.4 is 0 Å². The second-order valence-corrected chi connectivity index (χ2v) is 5.91. The van der Waals surface area contributed by atoms with Gasteiger partial charge in [0.1, 0.15) is 6.10 Å². The van der Waals surface area contributed by atoms with Gasteiger partial charge in [-0.25, -0.2) is 4.79 Å². The minimum Gasteiger partial charge on any atom is -0.456 e. The first-order valence-corrected chi connectivity index (χ1v) is 7.51. The van der Waals surface area contributed by atoms with E-state index in [-0.39, 0.29) is 12.1 Å². The Morgan fingerprint density at radius 2 is 1.86 bits per heavy atom. The molecule has 0 aromatic heterocycles. The molecule has 1 fully saturated rings. The van der Waals surface area contributed by atoms with Crippen LogP contribution in [0.2, 0.25) is 0 Å². The van der Waals surface area contributed by atoms with Gasteiger partial charge in [-0.3, -0.25) is 0 Å². The molecular formula is C19H20O3. The Morgan fingerprint density at radius 1 is 1.18 bits per heavy atom. The monoisotopic (exact) mass is 296 g/mol. The van der Waals surface area contributed by atoms with Gasteiger partial charge in [0.2, 0.25) is 0 Å². The highest BCUT2D eigenvalue weighted by atomic mass is 16.6. The maximum absolute atomic E-state index is 12.2. The maximum Gasteiger partial charge on any atom is 0.338 e. The summed E-state index contributed by atoms with van der Waals surface area (Å²) in [7, 11) is 0. The van der Waals surface area contributed by atoms with E-state index in [1.54, 1.807) is 12.1 Å². The van der Waals surface area contributed by atoms with Crippen LogP contribution in [0.25, 0.3) is 0 Å². The third kappa shape index (κ3) is 2.64. The van der Waals surface area contributed by atoms with Crippen molar-refractivity contribution < 1.29 is 14.3 Å². The quantitative estimate of drug-likeness (QED) is 0.636.